The Morgan fingerprint density at radius 3 is 2.51 bits per heavy atom. The predicted octanol–water partition coefficient (Wildman–Crippen LogP) is 7.16. The van der Waals surface area contributed by atoms with Crippen molar-refractivity contribution in [1.29, 1.82) is 5.26 Å². The van der Waals surface area contributed by atoms with Crippen molar-refractivity contribution < 1.29 is 13.9 Å². The SMILES string of the molecule is CCCCCCCCOc1ccc(/C=C(/C#N)C(=O)Nc2ncc(Cc3ccc(F)cc3)s2)cc1. The zero-order valence-corrected chi connectivity index (χ0v) is 20.7. The highest BCUT2D eigenvalue weighted by molar-refractivity contribution is 7.15. The molecular formula is C28H30FN3O2S. The smallest absolute Gasteiger partial charge is 0.268 e. The number of benzene rings is 2. The maximum Gasteiger partial charge on any atom is 0.268 e. The molecule has 35 heavy (non-hydrogen) atoms. The van der Waals surface area contributed by atoms with Gasteiger partial charge in [0.25, 0.3) is 5.91 Å². The van der Waals surface area contributed by atoms with Crippen LogP contribution in [0.15, 0.2) is 60.3 Å². The van der Waals surface area contributed by atoms with Gasteiger partial charge in [0.2, 0.25) is 0 Å². The second kappa shape index (κ2) is 14.0. The van der Waals surface area contributed by atoms with E-state index in [1.54, 1.807) is 24.4 Å². The summed E-state index contributed by atoms with van der Waals surface area (Å²) in [6.45, 7) is 2.90. The van der Waals surface area contributed by atoms with Crippen molar-refractivity contribution >= 4 is 28.5 Å². The molecule has 1 heterocycles. The minimum atomic E-state index is -0.515. The molecule has 182 valence electrons. The molecule has 0 fully saturated rings. The van der Waals surface area contributed by atoms with Crippen LogP contribution in [-0.2, 0) is 11.2 Å². The third-order valence-electron chi connectivity index (χ3n) is 5.39. The van der Waals surface area contributed by atoms with Gasteiger partial charge in [0.15, 0.2) is 5.13 Å². The van der Waals surface area contributed by atoms with Crippen LogP contribution in [-0.4, -0.2) is 17.5 Å². The van der Waals surface area contributed by atoms with E-state index in [4.69, 9.17) is 4.74 Å². The van der Waals surface area contributed by atoms with Gasteiger partial charge in [-0.05, 0) is 47.9 Å². The number of anilines is 1. The van der Waals surface area contributed by atoms with Gasteiger partial charge < -0.3 is 4.74 Å². The number of nitrogens with zero attached hydrogens (tertiary/aromatic N) is 2. The van der Waals surface area contributed by atoms with Crippen molar-refractivity contribution in [3.05, 3.63) is 82.1 Å². The normalized spacial score (nSPS) is 11.2. The number of hydrogen-bond donors (Lipinski definition) is 1. The third kappa shape index (κ3) is 8.99. The third-order valence-corrected chi connectivity index (χ3v) is 6.30. The molecule has 1 N–H and O–H groups in total. The average molecular weight is 492 g/mol. The lowest BCUT2D eigenvalue weighted by Crippen LogP contribution is -2.13. The summed E-state index contributed by atoms with van der Waals surface area (Å²) < 4.78 is 18.9. The van der Waals surface area contributed by atoms with Crippen LogP contribution in [0.25, 0.3) is 6.08 Å². The summed E-state index contributed by atoms with van der Waals surface area (Å²) in [7, 11) is 0. The van der Waals surface area contributed by atoms with Gasteiger partial charge in [0.1, 0.15) is 23.2 Å². The van der Waals surface area contributed by atoms with E-state index >= 15 is 0 Å². The first-order valence-corrected chi connectivity index (χ1v) is 12.7. The number of amides is 1. The lowest BCUT2D eigenvalue weighted by molar-refractivity contribution is -0.112. The Morgan fingerprint density at radius 1 is 1.09 bits per heavy atom. The lowest BCUT2D eigenvalue weighted by atomic mass is 10.1. The molecular weight excluding hydrogens is 461 g/mol. The number of halogens is 1. The van der Waals surface area contributed by atoms with E-state index in [0.717, 1.165) is 28.2 Å². The Labute approximate surface area is 210 Å². The van der Waals surface area contributed by atoms with Crippen molar-refractivity contribution in [1.82, 2.24) is 4.98 Å². The van der Waals surface area contributed by atoms with Crippen LogP contribution in [0, 0.1) is 17.1 Å². The van der Waals surface area contributed by atoms with Crippen LogP contribution < -0.4 is 10.1 Å². The molecule has 0 bridgehead atoms. The van der Waals surface area contributed by atoms with Gasteiger partial charge in [-0.2, -0.15) is 5.26 Å². The number of unbranched alkanes of at least 4 members (excludes halogenated alkanes) is 5. The quantitative estimate of drug-likeness (QED) is 0.156. The van der Waals surface area contributed by atoms with E-state index in [2.05, 4.69) is 17.2 Å². The summed E-state index contributed by atoms with van der Waals surface area (Å²) in [4.78, 5) is 17.7. The highest BCUT2D eigenvalue weighted by Crippen LogP contribution is 2.22. The number of nitrogens with one attached hydrogen (secondary N) is 1. The van der Waals surface area contributed by atoms with E-state index in [1.165, 1.54) is 55.6 Å². The predicted molar refractivity (Wildman–Crippen MR) is 139 cm³/mol. The van der Waals surface area contributed by atoms with Crippen molar-refractivity contribution in [3.63, 3.8) is 0 Å². The van der Waals surface area contributed by atoms with E-state index in [9.17, 15) is 14.4 Å². The van der Waals surface area contributed by atoms with E-state index in [-0.39, 0.29) is 11.4 Å². The zero-order valence-electron chi connectivity index (χ0n) is 19.9. The molecule has 1 amide bonds. The Balaban J connectivity index is 1.50. The summed E-state index contributed by atoms with van der Waals surface area (Å²) >= 11 is 1.32. The van der Waals surface area contributed by atoms with Crippen LogP contribution in [0.3, 0.4) is 0 Å². The summed E-state index contributed by atoms with van der Waals surface area (Å²) in [5.74, 6) is -0.0223. The molecule has 0 atom stereocenters. The molecule has 3 aromatic rings. The molecule has 3 rings (SSSR count). The number of thiazole rings is 1. The van der Waals surface area contributed by atoms with Gasteiger partial charge in [0, 0.05) is 17.5 Å². The molecule has 0 aliphatic rings. The second-order valence-corrected chi connectivity index (χ2v) is 9.36. The molecule has 7 heteroatoms. The monoisotopic (exact) mass is 491 g/mol. The zero-order chi connectivity index (χ0) is 24.9. The Morgan fingerprint density at radius 2 is 1.80 bits per heavy atom. The fourth-order valence-electron chi connectivity index (χ4n) is 3.46. The number of aromatic nitrogens is 1. The van der Waals surface area contributed by atoms with Gasteiger partial charge in [-0.25, -0.2) is 9.37 Å². The van der Waals surface area contributed by atoms with E-state index in [1.807, 2.05) is 30.3 Å². The van der Waals surface area contributed by atoms with Crippen LogP contribution >= 0.6 is 11.3 Å². The highest BCUT2D eigenvalue weighted by atomic mass is 32.1. The number of nitriles is 1. The average Bonchev–Trinajstić information content (AvgIpc) is 3.30. The first kappa shape index (κ1) is 26.1. The van der Waals surface area contributed by atoms with Gasteiger partial charge in [0.05, 0.1) is 6.61 Å². The molecule has 5 nitrogen and oxygen atoms in total. The minimum Gasteiger partial charge on any atom is -0.494 e. The van der Waals surface area contributed by atoms with Gasteiger partial charge in [-0.1, -0.05) is 63.3 Å². The molecule has 0 saturated heterocycles. The highest BCUT2D eigenvalue weighted by Gasteiger charge is 2.12. The molecule has 0 spiro atoms. The summed E-state index contributed by atoms with van der Waals surface area (Å²) in [5.41, 5.74) is 1.67. The fraction of sp³-hybridized carbons (Fsp3) is 0.321. The van der Waals surface area contributed by atoms with Crippen molar-refractivity contribution in [3.8, 4) is 11.8 Å². The maximum atomic E-state index is 13.1. The van der Waals surface area contributed by atoms with Crippen molar-refractivity contribution in [2.75, 3.05) is 11.9 Å². The van der Waals surface area contributed by atoms with Gasteiger partial charge in [-0.3, -0.25) is 10.1 Å². The standard InChI is InChI=1S/C28H30FN3O2S/c1-2-3-4-5-6-7-16-34-25-14-10-21(11-15-25)17-23(19-30)27(33)32-28-31-20-26(35-28)18-22-8-12-24(29)13-9-22/h8-15,17,20H,2-7,16,18H2,1H3,(H,31,32,33)/b23-17-. The largest absolute Gasteiger partial charge is 0.494 e. The van der Waals surface area contributed by atoms with E-state index < -0.39 is 5.91 Å². The van der Waals surface area contributed by atoms with Crippen LogP contribution in [0.4, 0.5) is 9.52 Å². The summed E-state index contributed by atoms with van der Waals surface area (Å²) in [6, 6.07) is 15.6. The van der Waals surface area contributed by atoms with Crippen LogP contribution in [0.5, 0.6) is 5.75 Å². The van der Waals surface area contributed by atoms with Gasteiger partial charge >= 0.3 is 0 Å². The topological polar surface area (TPSA) is 75.0 Å². The minimum absolute atomic E-state index is 0.0129. The first-order chi connectivity index (χ1) is 17.1. The molecule has 0 saturated carbocycles. The Bertz CT molecular complexity index is 1150. The molecule has 0 aliphatic heterocycles. The molecule has 0 radical (unpaired) electrons. The van der Waals surface area contributed by atoms with Crippen molar-refractivity contribution in [2.45, 2.75) is 51.9 Å². The Hall–Kier alpha value is -3.50. The lowest BCUT2D eigenvalue weighted by Gasteiger charge is -2.06. The number of ether oxygens (including phenoxy) is 1. The molecule has 1 aromatic heterocycles. The van der Waals surface area contributed by atoms with E-state index in [0.29, 0.717) is 18.2 Å². The fourth-order valence-corrected chi connectivity index (χ4v) is 4.30. The number of carbonyl (C=O) groups excluding carboxylic acids is 1. The van der Waals surface area contributed by atoms with Crippen molar-refractivity contribution in [2.24, 2.45) is 0 Å². The molecule has 0 aliphatic carbocycles. The second-order valence-electron chi connectivity index (χ2n) is 8.24. The first-order valence-electron chi connectivity index (χ1n) is 11.9. The number of hydrogen-bond acceptors (Lipinski definition) is 5. The molecule has 0 unspecified atom stereocenters. The van der Waals surface area contributed by atoms with Crippen LogP contribution in [0.2, 0.25) is 0 Å². The van der Waals surface area contributed by atoms with Gasteiger partial charge in [-0.15, -0.1) is 11.3 Å². The number of carbonyl (C=O) groups is 1. The van der Waals surface area contributed by atoms with Crippen LogP contribution in [0.1, 0.15) is 61.5 Å². The Kier molecular flexibility index (Phi) is 10.5. The number of rotatable bonds is 13. The maximum absolute atomic E-state index is 13.1. The summed E-state index contributed by atoms with van der Waals surface area (Å²) in [5, 5.41) is 12.6. The summed E-state index contributed by atoms with van der Waals surface area (Å²) in [6.07, 6.45) is 11.1. The molecule has 2 aromatic carbocycles.